The summed E-state index contributed by atoms with van der Waals surface area (Å²) in [5, 5.41) is 0. The van der Waals surface area contributed by atoms with Crippen LogP contribution in [-0.4, -0.2) is 20.1 Å². The van der Waals surface area contributed by atoms with Gasteiger partial charge in [-0.25, -0.2) is 17.5 Å². The zero-order valence-electron chi connectivity index (χ0n) is 14.8. The third kappa shape index (κ3) is 4.42. The molecule has 0 bridgehead atoms. The summed E-state index contributed by atoms with van der Waals surface area (Å²) >= 11 is 0. The van der Waals surface area contributed by atoms with Crippen LogP contribution < -0.4 is 4.72 Å². The average molecular weight is 389 g/mol. The molecule has 0 saturated heterocycles. The Kier molecular flexibility index (Phi) is 5.41. The van der Waals surface area contributed by atoms with Crippen LogP contribution in [0.3, 0.4) is 0 Å². The summed E-state index contributed by atoms with van der Waals surface area (Å²) in [5.74, 6) is -2.75. The number of carbonyl (C=O) groups is 2. The average Bonchev–Trinajstić information content (AvgIpc) is 2.98. The van der Waals surface area contributed by atoms with Gasteiger partial charge in [-0.05, 0) is 56.0 Å². The fourth-order valence-corrected chi connectivity index (χ4v) is 4.30. The Morgan fingerprint density at radius 3 is 2.33 bits per heavy atom. The summed E-state index contributed by atoms with van der Waals surface area (Å²) in [5.41, 5.74) is 1.71. The van der Waals surface area contributed by atoms with E-state index < -0.39 is 21.8 Å². The largest absolute Gasteiger partial charge is 0.298 e. The molecule has 2 aromatic rings. The number of benzene rings is 2. The van der Waals surface area contributed by atoms with E-state index in [4.69, 9.17) is 0 Å². The molecule has 7 heteroatoms. The number of rotatable bonds is 5. The Hall–Kier alpha value is -2.54. The van der Waals surface area contributed by atoms with Crippen LogP contribution >= 0.6 is 0 Å². The lowest BCUT2D eigenvalue weighted by atomic mass is 9.95. The number of carbonyl (C=O) groups excluding carboxylic acids is 2. The highest BCUT2D eigenvalue weighted by molar-refractivity contribution is 7.90. The lowest BCUT2D eigenvalue weighted by molar-refractivity contribution is -0.132. The molecule has 3 rings (SSSR count). The summed E-state index contributed by atoms with van der Waals surface area (Å²) in [6, 6.07) is 12.0. The third-order valence-corrected chi connectivity index (χ3v) is 6.19. The summed E-state index contributed by atoms with van der Waals surface area (Å²) < 4.78 is 39.7. The van der Waals surface area contributed by atoms with Gasteiger partial charge >= 0.3 is 0 Å². The highest BCUT2D eigenvalue weighted by Crippen LogP contribution is 2.30. The quantitative estimate of drug-likeness (QED) is 0.798. The second-order valence-corrected chi connectivity index (χ2v) is 8.53. The van der Waals surface area contributed by atoms with Gasteiger partial charge in [0.15, 0.2) is 0 Å². The number of hydrogen-bond acceptors (Lipinski definition) is 4. The first-order valence-corrected chi connectivity index (χ1v) is 10.2. The molecule has 1 saturated carbocycles. The van der Waals surface area contributed by atoms with Crippen molar-refractivity contribution in [2.45, 2.75) is 31.1 Å². The van der Waals surface area contributed by atoms with Gasteiger partial charge in [0, 0.05) is 5.92 Å². The van der Waals surface area contributed by atoms with Gasteiger partial charge in [0.2, 0.25) is 5.91 Å². The van der Waals surface area contributed by atoms with Crippen LogP contribution in [0.5, 0.6) is 0 Å². The maximum absolute atomic E-state index is 13.0. The Balaban J connectivity index is 1.66. The fraction of sp³-hybridized carbons (Fsp3) is 0.300. The molecule has 0 aliphatic heterocycles. The first-order chi connectivity index (χ1) is 12.8. The molecule has 2 atom stereocenters. The molecule has 0 radical (unpaired) electrons. The van der Waals surface area contributed by atoms with Crippen LogP contribution in [0.15, 0.2) is 53.4 Å². The van der Waals surface area contributed by atoms with Crippen LogP contribution in [0.1, 0.15) is 24.0 Å². The van der Waals surface area contributed by atoms with E-state index in [2.05, 4.69) is 0 Å². The molecule has 27 heavy (non-hydrogen) atoms. The number of halogens is 1. The SMILES string of the molecule is Cc1ccc(S(=O)(=O)NC(=O)C2CCC(Cc3ccc(F)cc3)C2=O)cc1. The number of ketones is 1. The van der Waals surface area contributed by atoms with E-state index in [0.29, 0.717) is 19.3 Å². The van der Waals surface area contributed by atoms with Crippen molar-refractivity contribution in [3.8, 4) is 0 Å². The lowest BCUT2D eigenvalue weighted by Crippen LogP contribution is -2.38. The third-order valence-electron chi connectivity index (χ3n) is 4.83. The molecular formula is C20H20FNO4S. The Morgan fingerprint density at radius 1 is 1.07 bits per heavy atom. The standard InChI is InChI=1S/C20H20FNO4S/c1-13-2-9-17(10-3-13)27(25,26)22-20(24)18-11-6-15(19(18)23)12-14-4-7-16(21)8-5-14/h2-5,7-10,15,18H,6,11-12H2,1H3,(H,22,24). The van der Waals surface area contributed by atoms with Gasteiger partial charge in [-0.1, -0.05) is 29.8 Å². The van der Waals surface area contributed by atoms with E-state index in [1.165, 1.54) is 24.3 Å². The van der Waals surface area contributed by atoms with E-state index >= 15 is 0 Å². The first kappa shape index (κ1) is 19.2. The molecule has 1 aliphatic rings. The normalized spacial score (nSPS) is 19.9. The zero-order valence-corrected chi connectivity index (χ0v) is 15.6. The van der Waals surface area contributed by atoms with Crippen molar-refractivity contribution in [2.24, 2.45) is 11.8 Å². The van der Waals surface area contributed by atoms with Crippen molar-refractivity contribution in [1.82, 2.24) is 4.72 Å². The fourth-order valence-electron chi connectivity index (χ4n) is 3.28. The molecule has 2 aromatic carbocycles. The van der Waals surface area contributed by atoms with Crippen molar-refractivity contribution in [3.05, 3.63) is 65.5 Å². The number of sulfonamides is 1. The topological polar surface area (TPSA) is 80.3 Å². The number of Topliss-reactive ketones (excluding diaryl/α,β-unsaturated/α-hetero) is 1. The molecule has 1 fully saturated rings. The van der Waals surface area contributed by atoms with Gasteiger partial charge in [-0.15, -0.1) is 0 Å². The number of amides is 1. The molecule has 5 nitrogen and oxygen atoms in total. The van der Waals surface area contributed by atoms with Gasteiger partial charge in [0.05, 0.1) is 10.8 Å². The monoisotopic (exact) mass is 389 g/mol. The van der Waals surface area contributed by atoms with Crippen LogP contribution in [0, 0.1) is 24.6 Å². The van der Waals surface area contributed by atoms with Crippen LogP contribution in [0.4, 0.5) is 4.39 Å². The smallest absolute Gasteiger partial charge is 0.264 e. The Labute approximate surface area is 157 Å². The zero-order chi connectivity index (χ0) is 19.6. The number of hydrogen-bond donors (Lipinski definition) is 1. The molecule has 0 aromatic heterocycles. The summed E-state index contributed by atoms with van der Waals surface area (Å²) in [4.78, 5) is 24.9. The minimum atomic E-state index is -4.01. The number of aryl methyl sites for hydroxylation is 1. The highest BCUT2D eigenvalue weighted by atomic mass is 32.2. The van der Waals surface area contributed by atoms with E-state index in [0.717, 1.165) is 11.1 Å². The van der Waals surface area contributed by atoms with E-state index in [-0.39, 0.29) is 22.4 Å². The van der Waals surface area contributed by atoms with Crippen molar-refractivity contribution in [2.75, 3.05) is 0 Å². The summed E-state index contributed by atoms with van der Waals surface area (Å²) in [6.07, 6.45) is 1.21. The molecule has 2 unspecified atom stereocenters. The second-order valence-electron chi connectivity index (χ2n) is 6.84. The van der Waals surface area contributed by atoms with Crippen molar-refractivity contribution >= 4 is 21.7 Å². The predicted molar refractivity (Wildman–Crippen MR) is 97.8 cm³/mol. The van der Waals surface area contributed by atoms with Crippen molar-refractivity contribution in [1.29, 1.82) is 0 Å². The molecule has 0 spiro atoms. The Bertz CT molecular complexity index is 952. The van der Waals surface area contributed by atoms with Gasteiger partial charge in [0.1, 0.15) is 11.6 Å². The summed E-state index contributed by atoms with van der Waals surface area (Å²) in [6.45, 7) is 1.83. The van der Waals surface area contributed by atoms with E-state index in [1.807, 2.05) is 11.6 Å². The molecule has 1 N–H and O–H groups in total. The lowest BCUT2D eigenvalue weighted by Gasteiger charge is -2.12. The minimum Gasteiger partial charge on any atom is -0.298 e. The second kappa shape index (κ2) is 7.60. The molecule has 1 aliphatic carbocycles. The van der Waals surface area contributed by atoms with Crippen LogP contribution in [-0.2, 0) is 26.0 Å². The van der Waals surface area contributed by atoms with Crippen molar-refractivity contribution in [3.63, 3.8) is 0 Å². The molecular weight excluding hydrogens is 369 g/mol. The van der Waals surface area contributed by atoms with Crippen molar-refractivity contribution < 1.29 is 22.4 Å². The summed E-state index contributed by atoms with van der Waals surface area (Å²) in [7, 11) is -4.01. The van der Waals surface area contributed by atoms with E-state index in [1.54, 1.807) is 24.3 Å². The predicted octanol–water partition coefficient (Wildman–Crippen LogP) is 2.78. The van der Waals surface area contributed by atoms with Gasteiger partial charge in [0.25, 0.3) is 10.0 Å². The minimum absolute atomic E-state index is 0.0187. The molecule has 142 valence electrons. The van der Waals surface area contributed by atoms with Crippen LogP contribution in [0.2, 0.25) is 0 Å². The highest BCUT2D eigenvalue weighted by Gasteiger charge is 2.39. The first-order valence-electron chi connectivity index (χ1n) is 8.68. The van der Waals surface area contributed by atoms with Gasteiger partial charge in [-0.2, -0.15) is 0 Å². The maximum atomic E-state index is 13.0. The molecule has 1 amide bonds. The maximum Gasteiger partial charge on any atom is 0.264 e. The Morgan fingerprint density at radius 2 is 1.70 bits per heavy atom. The number of nitrogens with one attached hydrogen (secondary N) is 1. The van der Waals surface area contributed by atoms with Gasteiger partial charge in [-0.3, -0.25) is 9.59 Å². The van der Waals surface area contributed by atoms with E-state index in [9.17, 15) is 22.4 Å². The van der Waals surface area contributed by atoms with Gasteiger partial charge < -0.3 is 0 Å². The van der Waals surface area contributed by atoms with Crippen LogP contribution in [0.25, 0.3) is 0 Å². The molecule has 0 heterocycles.